The fourth-order valence-electron chi connectivity index (χ4n) is 3.74. The maximum atomic E-state index is 12.6. The number of amides is 2. The number of piperazine rings is 1. The lowest BCUT2D eigenvalue weighted by Gasteiger charge is -2.40. The summed E-state index contributed by atoms with van der Waals surface area (Å²) >= 11 is 0. The molecular weight excluding hydrogens is 384 g/mol. The summed E-state index contributed by atoms with van der Waals surface area (Å²) < 4.78 is 10.5. The van der Waals surface area contributed by atoms with Crippen molar-refractivity contribution in [2.24, 2.45) is 5.92 Å². The van der Waals surface area contributed by atoms with Gasteiger partial charge in [0.25, 0.3) is 0 Å². The molecule has 0 radical (unpaired) electrons. The van der Waals surface area contributed by atoms with Gasteiger partial charge in [-0.3, -0.25) is 4.90 Å². The third-order valence-corrected chi connectivity index (χ3v) is 5.47. The number of nitrogens with one attached hydrogen (secondary N) is 2. The van der Waals surface area contributed by atoms with E-state index in [-0.39, 0.29) is 18.6 Å². The SMILES string of the molecule is CC(C)COC(=O)COc1ccc(NC(=O)N2CCN(C3CCNCC3)CC2)cc1. The van der Waals surface area contributed by atoms with Crippen molar-refractivity contribution < 1.29 is 19.1 Å². The van der Waals surface area contributed by atoms with Gasteiger partial charge in [-0.05, 0) is 56.1 Å². The molecule has 2 saturated heterocycles. The van der Waals surface area contributed by atoms with Crippen LogP contribution in [0.2, 0.25) is 0 Å². The quantitative estimate of drug-likeness (QED) is 0.661. The van der Waals surface area contributed by atoms with Crippen LogP contribution in [0.15, 0.2) is 24.3 Å². The molecule has 30 heavy (non-hydrogen) atoms. The van der Waals surface area contributed by atoms with E-state index in [2.05, 4.69) is 15.5 Å². The van der Waals surface area contributed by atoms with Gasteiger partial charge in [0, 0.05) is 37.9 Å². The minimum absolute atomic E-state index is 0.0779. The van der Waals surface area contributed by atoms with Crippen molar-refractivity contribution in [1.29, 1.82) is 0 Å². The van der Waals surface area contributed by atoms with E-state index in [0.29, 0.717) is 30.0 Å². The summed E-state index contributed by atoms with van der Waals surface area (Å²) in [4.78, 5) is 28.6. The van der Waals surface area contributed by atoms with Crippen molar-refractivity contribution >= 4 is 17.7 Å². The summed E-state index contributed by atoms with van der Waals surface area (Å²) in [5, 5.41) is 6.34. The van der Waals surface area contributed by atoms with Crippen LogP contribution in [0.4, 0.5) is 10.5 Å². The van der Waals surface area contributed by atoms with Crippen LogP contribution in [0.3, 0.4) is 0 Å². The highest BCUT2D eigenvalue weighted by Crippen LogP contribution is 2.18. The number of rotatable bonds is 7. The third-order valence-electron chi connectivity index (χ3n) is 5.47. The molecular formula is C22H34N4O4. The topological polar surface area (TPSA) is 83.1 Å². The minimum atomic E-state index is -0.385. The Hall–Kier alpha value is -2.32. The highest BCUT2D eigenvalue weighted by molar-refractivity contribution is 5.89. The van der Waals surface area contributed by atoms with Gasteiger partial charge in [0.05, 0.1) is 6.61 Å². The monoisotopic (exact) mass is 418 g/mol. The van der Waals surface area contributed by atoms with Crippen molar-refractivity contribution in [3.05, 3.63) is 24.3 Å². The molecule has 3 rings (SSSR count). The van der Waals surface area contributed by atoms with E-state index in [1.54, 1.807) is 24.3 Å². The Morgan fingerprint density at radius 3 is 2.40 bits per heavy atom. The Morgan fingerprint density at radius 2 is 1.77 bits per heavy atom. The zero-order chi connectivity index (χ0) is 21.3. The second-order valence-corrected chi connectivity index (χ2v) is 8.32. The molecule has 1 aromatic rings. The molecule has 2 aliphatic rings. The van der Waals surface area contributed by atoms with Crippen molar-refractivity contribution in [1.82, 2.24) is 15.1 Å². The zero-order valence-corrected chi connectivity index (χ0v) is 18.1. The van der Waals surface area contributed by atoms with Gasteiger partial charge in [-0.2, -0.15) is 0 Å². The number of urea groups is 1. The van der Waals surface area contributed by atoms with E-state index < -0.39 is 0 Å². The average molecular weight is 419 g/mol. The van der Waals surface area contributed by atoms with Crippen LogP contribution >= 0.6 is 0 Å². The summed E-state index contributed by atoms with van der Waals surface area (Å²) in [6.07, 6.45) is 2.38. The maximum absolute atomic E-state index is 12.6. The normalized spacial score (nSPS) is 18.3. The van der Waals surface area contributed by atoms with Gasteiger partial charge in [0.1, 0.15) is 5.75 Å². The fraction of sp³-hybridized carbons (Fsp3) is 0.636. The van der Waals surface area contributed by atoms with Crippen LogP contribution < -0.4 is 15.4 Å². The van der Waals surface area contributed by atoms with Crippen LogP contribution in [0, 0.1) is 5.92 Å². The van der Waals surface area contributed by atoms with E-state index in [0.717, 1.165) is 39.3 Å². The number of carbonyl (C=O) groups excluding carboxylic acids is 2. The predicted molar refractivity (Wildman–Crippen MR) is 116 cm³/mol. The van der Waals surface area contributed by atoms with Gasteiger partial charge < -0.3 is 25.0 Å². The summed E-state index contributed by atoms with van der Waals surface area (Å²) in [6, 6.07) is 7.59. The maximum Gasteiger partial charge on any atom is 0.344 e. The molecule has 0 saturated carbocycles. The second kappa shape index (κ2) is 11.2. The molecule has 2 N–H and O–H groups in total. The third kappa shape index (κ3) is 6.88. The van der Waals surface area contributed by atoms with Crippen LogP contribution in [0.1, 0.15) is 26.7 Å². The molecule has 166 valence electrons. The van der Waals surface area contributed by atoms with E-state index in [1.807, 2.05) is 18.7 Å². The molecule has 2 amide bonds. The lowest BCUT2D eigenvalue weighted by Crippen LogP contribution is -2.54. The van der Waals surface area contributed by atoms with Crippen molar-refractivity contribution in [3.63, 3.8) is 0 Å². The molecule has 2 aliphatic heterocycles. The Bertz CT molecular complexity index is 681. The van der Waals surface area contributed by atoms with Gasteiger partial charge in [-0.25, -0.2) is 9.59 Å². The molecule has 0 spiro atoms. The van der Waals surface area contributed by atoms with E-state index in [9.17, 15) is 9.59 Å². The van der Waals surface area contributed by atoms with Crippen LogP contribution in [0.5, 0.6) is 5.75 Å². The number of anilines is 1. The molecule has 0 unspecified atom stereocenters. The van der Waals surface area contributed by atoms with E-state index >= 15 is 0 Å². The Balaban J connectivity index is 1.38. The Morgan fingerprint density at radius 1 is 1.10 bits per heavy atom. The number of ether oxygens (including phenoxy) is 2. The molecule has 8 heteroatoms. The summed E-state index contributed by atoms with van der Waals surface area (Å²) in [5.41, 5.74) is 0.704. The lowest BCUT2D eigenvalue weighted by molar-refractivity contribution is -0.147. The van der Waals surface area contributed by atoms with E-state index in [1.165, 1.54) is 12.8 Å². The molecule has 2 fully saturated rings. The van der Waals surface area contributed by atoms with Gasteiger partial charge in [0.2, 0.25) is 0 Å². The first-order valence-electron chi connectivity index (χ1n) is 10.9. The number of esters is 1. The lowest BCUT2D eigenvalue weighted by atomic mass is 10.0. The average Bonchev–Trinajstić information content (AvgIpc) is 2.78. The van der Waals surface area contributed by atoms with Gasteiger partial charge >= 0.3 is 12.0 Å². The minimum Gasteiger partial charge on any atom is -0.482 e. The number of benzene rings is 1. The van der Waals surface area contributed by atoms with Gasteiger partial charge in [0.15, 0.2) is 6.61 Å². The highest BCUT2D eigenvalue weighted by atomic mass is 16.6. The molecule has 2 heterocycles. The highest BCUT2D eigenvalue weighted by Gasteiger charge is 2.26. The largest absolute Gasteiger partial charge is 0.482 e. The fourth-order valence-corrected chi connectivity index (χ4v) is 3.74. The van der Waals surface area contributed by atoms with Crippen molar-refractivity contribution in [3.8, 4) is 5.75 Å². The first-order chi connectivity index (χ1) is 14.5. The molecule has 0 aliphatic carbocycles. The second-order valence-electron chi connectivity index (χ2n) is 8.32. The smallest absolute Gasteiger partial charge is 0.344 e. The molecule has 0 atom stereocenters. The number of nitrogens with zero attached hydrogens (tertiary/aromatic N) is 2. The number of piperidine rings is 1. The van der Waals surface area contributed by atoms with Crippen LogP contribution in [0.25, 0.3) is 0 Å². The van der Waals surface area contributed by atoms with Crippen molar-refractivity contribution in [2.75, 3.05) is 57.8 Å². The van der Waals surface area contributed by atoms with Crippen LogP contribution in [-0.4, -0.2) is 80.3 Å². The van der Waals surface area contributed by atoms with Crippen LogP contribution in [-0.2, 0) is 9.53 Å². The Labute approximate surface area is 178 Å². The molecule has 1 aromatic carbocycles. The number of hydrogen-bond acceptors (Lipinski definition) is 6. The zero-order valence-electron chi connectivity index (χ0n) is 18.1. The summed E-state index contributed by atoms with van der Waals surface area (Å²) in [5.74, 6) is 0.471. The van der Waals surface area contributed by atoms with E-state index in [4.69, 9.17) is 9.47 Å². The van der Waals surface area contributed by atoms with Crippen molar-refractivity contribution in [2.45, 2.75) is 32.7 Å². The standard InChI is InChI=1S/C22H34N4O4/c1-17(2)15-30-21(27)16-29-20-5-3-18(4-6-20)24-22(28)26-13-11-25(12-14-26)19-7-9-23-10-8-19/h3-6,17,19,23H,7-16H2,1-2H3,(H,24,28). The van der Waals surface area contributed by atoms with Gasteiger partial charge in [-0.1, -0.05) is 13.8 Å². The summed E-state index contributed by atoms with van der Waals surface area (Å²) in [7, 11) is 0. The Kier molecular flexibility index (Phi) is 8.33. The number of carbonyl (C=O) groups is 2. The molecule has 8 nitrogen and oxygen atoms in total. The number of hydrogen-bond donors (Lipinski definition) is 2. The molecule has 0 aromatic heterocycles. The van der Waals surface area contributed by atoms with Gasteiger partial charge in [-0.15, -0.1) is 0 Å². The first-order valence-corrected chi connectivity index (χ1v) is 10.9. The summed E-state index contributed by atoms with van der Waals surface area (Å²) in [6.45, 7) is 9.75. The predicted octanol–water partition coefficient (Wildman–Crippen LogP) is 2.17. The molecule has 0 bridgehead atoms. The first kappa shape index (κ1) is 22.4.